The van der Waals surface area contributed by atoms with Crippen LogP contribution in [0.3, 0.4) is 0 Å². The molecule has 0 bridgehead atoms. The largest absolute Gasteiger partial charge is 0.465 e. The summed E-state index contributed by atoms with van der Waals surface area (Å²) in [5.74, 6) is 0.0822. The lowest BCUT2D eigenvalue weighted by molar-refractivity contribution is -0.151. The molecule has 0 aromatic heterocycles. The van der Waals surface area contributed by atoms with Crippen molar-refractivity contribution in [1.29, 1.82) is 0 Å². The Bertz CT molecular complexity index is 215. The van der Waals surface area contributed by atoms with Gasteiger partial charge in [0.25, 0.3) is 0 Å². The minimum absolute atomic E-state index is 0.0101. The molecule has 0 aromatic carbocycles. The molecule has 1 fully saturated rings. The first-order chi connectivity index (χ1) is 7.07. The zero-order chi connectivity index (χ0) is 11.4. The van der Waals surface area contributed by atoms with E-state index in [1.807, 2.05) is 13.8 Å². The van der Waals surface area contributed by atoms with Gasteiger partial charge in [-0.1, -0.05) is 20.3 Å². The highest BCUT2D eigenvalue weighted by molar-refractivity contribution is 5.73. The summed E-state index contributed by atoms with van der Waals surface area (Å²) in [6.45, 7) is 8.64. The molecule has 0 radical (unpaired) electrons. The van der Waals surface area contributed by atoms with Gasteiger partial charge in [-0.2, -0.15) is 0 Å². The molecule has 0 N–H and O–H groups in total. The van der Waals surface area contributed by atoms with Gasteiger partial charge in [0.15, 0.2) is 0 Å². The number of hydrogen-bond donors (Lipinski definition) is 0. The number of carbonyl (C=O) groups excluding carboxylic acids is 1. The number of unbranched alkanes of at least 4 members (excludes halogenated alkanes) is 1. The molecule has 0 spiro atoms. The van der Waals surface area contributed by atoms with E-state index in [4.69, 9.17) is 9.47 Å². The lowest BCUT2D eigenvalue weighted by Gasteiger charge is -2.16. The van der Waals surface area contributed by atoms with Crippen molar-refractivity contribution in [2.24, 2.45) is 11.8 Å². The first kappa shape index (κ1) is 12.5. The van der Waals surface area contributed by atoms with Crippen molar-refractivity contribution >= 4 is 5.97 Å². The minimum Gasteiger partial charge on any atom is -0.465 e. The summed E-state index contributed by atoms with van der Waals surface area (Å²) in [5.41, 5.74) is 0. The second kappa shape index (κ2) is 5.50. The molecule has 3 nitrogen and oxygen atoms in total. The molecule has 0 amide bonds. The highest BCUT2D eigenvalue weighted by atomic mass is 16.5. The molecule has 15 heavy (non-hydrogen) atoms. The van der Waals surface area contributed by atoms with Crippen LogP contribution < -0.4 is 0 Å². The van der Waals surface area contributed by atoms with E-state index in [1.54, 1.807) is 0 Å². The molecule has 0 aliphatic carbocycles. The van der Waals surface area contributed by atoms with Crippen LogP contribution in [0.2, 0.25) is 0 Å². The number of ether oxygens (including phenoxy) is 2. The Kier molecular flexibility index (Phi) is 4.58. The van der Waals surface area contributed by atoms with Crippen LogP contribution in [0.4, 0.5) is 0 Å². The topological polar surface area (TPSA) is 35.5 Å². The van der Waals surface area contributed by atoms with E-state index < -0.39 is 0 Å². The molecule has 3 heteroatoms. The summed E-state index contributed by atoms with van der Waals surface area (Å²) in [6, 6.07) is 0. The monoisotopic (exact) mass is 214 g/mol. The Morgan fingerprint density at radius 2 is 1.93 bits per heavy atom. The first-order valence-corrected chi connectivity index (χ1v) is 5.90. The molecule has 0 aromatic rings. The number of esters is 1. The maximum atomic E-state index is 11.8. The fourth-order valence-corrected chi connectivity index (χ4v) is 2.09. The van der Waals surface area contributed by atoms with Gasteiger partial charge < -0.3 is 9.47 Å². The summed E-state index contributed by atoms with van der Waals surface area (Å²) in [6.07, 6.45) is 2.14. The van der Waals surface area contributed by atoms with E-state index in [2.05, 4.69) is 13.8 Å². The molecule has 1 saturated heterocycles. The molecule has 1 heterocycles. The van der Waals surface area contributed by atoms with Gasteiger partial charge in [-0.05, 0) is 26.2 Å². The molecule has 1 rings (SSSR count). The van der Waals surface area contributed by atoms with E-state index in [1.165, 1.54) is 0 Å². The average Bonchev–Trinajstić information content (AvgIpc) is 2.41. The van der Waals surface area contributed by atoms with Gasteiger partial charge in [0, 0.05) is 0 Å². The summed E-state index contributed by atoms with van der Waals surface area (Å²) in [5, 5.41) is 0. The van der Waals surface area contributed by atoms with Crippen molar-refractivity contribution in [3.05, 3.63) is 0 Å². The predicted octanol–water partition coefficient (Wildman–Crippen LogP) is 2.39. The third-order valence-corrected chi connectivity index (χ3v) is 3.26. The van der Waals surface area contributed by atoms with Crippen LogP contribution in [0.1, 0.15) is 40.5 Å². The molecule has 4 unspecified atom stereocenters. The summed E-state index contributed by atoms with van der Waals surface area (Å²) < 4.78 is 10.8. The predicted molar refractivity (Wildman–Crippen MR) is 58.5 cm³/mol. The van der Waals surface area contributed by atoms with Crippen LogP contribution in [-0.4, -0.2) is 24.8 Å². The fraction of sp³-hybridized carbons (Fsp3) is 0.917. The Labute approximate surface area is 92.1 Å². The third-order valence-electron chi connectivity index (χ3n) is 3.26. The van der Waals surface area contributed by atoms with E-state index in [9.17, 15) is 4.79 Å². The number of carbonyl (C=O) groups is 1. The Balaban J connectivity index is 2.44. The average molecular weight is 214 g/mol. The van der Waals surface area contributed by atoms with Crippen molar-refractivity contribution in [3.8, 4) is 0 Å². The van der Waals surface area contributed by atoms with E-state index in [0.717, 1.165) is 12.8 Å². The minimum atomic E-state index is -0.0900. The van der Waals surface area contributed by atoms with Crippen LogP contribution in [0.25, 0.3) is 0 Å². The van der Waals surface area contributed by atoms with Crippen molar-refractivity contribution in [3.63, 3.8) is 0 Å². The van der Waals surface area contributed by atoms with Crippen molar-refractivity contribution in [1.82, 2.24) is 0 Å². The summed E-state index contributed by atoms with van der Waals surface area (Å²) >= 11 is 0. The molecule has 1 aliphatic rings. The number of hydrogen-bond acceptors (Lipinski definition) is 3. The van der Waals surface area contributed by atoms with Crippen LogP contribution in [-0.2, 0) is 14.3 Å². The maximum absolute atomic E-state index is 11.8. The SMILES string of the molecule is CCCCOC(=O)C1C(C)OC(C)C1C. The number of rotatable bonds is 4. The summed E-state index contributed by atoms with van der Waals surface area (Å²) in [7, 11) is 0. The molecular formula is C12H22O3. The molecule has 4 atom stereocenters. The second-order valence-corrected chi connectivity index (χ2v) is 4.45. The maximum Gasteiger partial charge on any atom is 0.311 e. The smallest absolute Gasteiger partial charge is 0.311 e. The van der Waals surface area contributed by atoms with Crippen molar-refractivity contribution in [2.45, 2.75) is 52.7 Å². The van der Waals surface area contributed by atoms with E-state index in [0.29, 0.717) is 6.61 Å². The molecule has 88 valence electrons. The van der Waals surface area contributed by atoms with Gasteiger partial charge in [-0.25, -0.2) is 0 Å². The lowest BCUT2D eigenvalue weighted by atomic mass is 9.90. The van der Waals surface area contributed by atoms with E-state index in [-0.39, 0.29) is 30.0 Å². The Hall–Kier alpha value is -0.570. The zero-order valence-electron chi connectivity index (χ0n) is 10.2. The van der Waals surface area contributed by atoms with Crippen LogP contribution in [0.15, 0.2) is 0 Å². The molecule has 0 saturated carbocycles. The first-order valence-electron chi connectivity index (χ1n) is 5.90. The lowest BCUT2D eigenvalue weighted by Crippen LogP contribution is -2.28. The molecular weight excluding hydrogens is 192 g/mol. The zero-order valence-corrected chi connectivity index (χ0v) is 10.2. The fourth-order valence-electron chi connectivity index (χ4n) is 2.09. The quantitative estimate of drug-likeness (QED) is 0.532. The summed E-state index contributed by atoms with van der Waals surface area (Å²) in [4.78, 5) is 11.8. The van der Waals surface area contributed by atoms with Gasteiger partial charge in [0.1, 0.15) is 0 Å². The second-order valence-electron chi connectivity index (χ2n) is 4.45. The third kappa shape index (κ3) is 2.94. The Morgan fingerprint density at radius 1 is 1.27 bits per heavy atom. The van der Waals surface area contributed by atoms with Gasteiger partial charge in [0.05, 0.1) is 24.7 Å². The van der Waals surface area contributed by atoms with Gasteiger partial charge in [-0.3, -0.25) is 4.79 Å². The highest BCUT2D eigenvalue weighted by Gasteiger charge is 2.42. The van der Waals surface area contributed by atoms with Crippen molar-refractivity contribution < 1.29 is 14.3 Å². The molecule has 1 aliphatic heterocycles. The Morgan fingerprint density at radius 3 is 2.40 bits per heavy atom. The van der Waals surface area contributed by atoms with Crippen LogP contribution in [0.5, 0.6) is 0 Å². The standard InChI is InChI=1S/C12H22O3/c1-5-6-7-14-12(13)11-8(2)9(3)15-10(11)4/h8-11H,5-7H2,1-4H3. The van der Waals surface area contributed by atoms with Gasteiger partial charge in [0.2, 0.25) is 0 Å². The van der Waals surface area contributed by atoms with Gasteiger partial charge >= 0.3 is 5.97 Å². The van der Waals surface area contributed by atoms with Crippen LogP contribution in [0, 0.1) is 11.8 Å². The van der Waals surface area contributed by atoms with E-state index >= 15 is 0 Å². The normalized spacial score (nSPS) is 35.5. The van der Waals surface area contributed by atoms with Crippen molar-refractivity contribution in [2.75, 3.05) is 6.61 Å². The highest BCUT2D eigenvalue weighted by Crippen LogP contribution is 2.32. The van der Waals surface area contributed by atoms with Crippen LogP contribution >= 0.6 is 0 Å². The van der Waals surface area contributed by atoms with Gasteiger partial charge in [-0.15, -0.1) is 0 Å².